The summed E-state index contributed by atoms with van der Waals surface area (Å²) in [5.74, 6) is 0.693. The molecule has 2 aliphatic rings. The van der Waals surface area contributed by atoms with Crippen LogP contribution >= 0.6 is 0 Å². The molecule has 0 bridgehead atoms. The SMILES string of the molecule is CCOC(=O)c1cc(OC2CCCCO2)cc(OC2CCCCO2)c1. The fraction of sp³-hybridized carbons (Fsp3) is 0.632. The lowest BCUT2D eigenvalue weighted by molar-refractivity contribution is -0.109. The van der Waals surface area contributed by atoms with Gasteiger partial charge in [0, 0.05) is 18.9 Å². The molecule has 2 atom stereocenters. The third-order valence-corrected chi connectivity index (χ3v) is 4.20. The van der Waals surface area contributed by atoms with Gasteiger partial charge in [-0.3, -0.25) is 0 Å². The highest BCUT2D eigenvalue weighted by atomic mass is 16.7. The van der Waals surface area contributed by atoms with Crippen LogP contribution in [0.4, 0.5) is 0 Å². The molecule has 0 N–H and O–H groups in total. The first kappa shape index (κ1) is 18.0. The van der Waals surface area contributed by atoms with Gasteiger partial charge in [0.15, 0.2) is 12.6 Å². The van der Waals surface area contributed by atoms with E-state index in [1.807, 2.05) is 0 Å². The van der Waals surface area contributed by atoms with Gasteiger partial charge in [-0.15, -0.1) is 0 Å². The molecule has 0 aromatic heterocycles. The zero-order chi connectivity index (χ0) is 17.5. The number of carbonyl (C=O) groups excluding carboxylic acids is 1. The number of esters is 1. The molecule has 2 fully saturated rings. The van der Waals surface area contributed by atoms with Gasteiger partial charge < -0.3 is 23.7 Å². The topological polar surface area (TPSA) is 63.2 Å². The Morgan fingerprint density at radius 2 is 1.52 bits per heavy atom. The molecule has 1 aromatic rings. The molecule has 0 amide bonds. The number of hydrogen-bond donors (Lipinski definition) is 0. The second-order valence-electron chi connectivity index (χ2n) is 6.24. The predicted octanol–water partition coefficient (Wildman–Crippen LogP) is 3.67. The van der Waals surface area contributed by atoms with E-state index >= 15 is 0 Å². The number of rotatable bonds is 6. The molecular formula is C19H26O6. The zero-order valence-electron chi connectivity index (χ0n) is 14.7. The van der Waals surface area contributed by atoms with E-state index in [1.165, 1.54) is 0 Å². The highest BCUT2D eigenvalue weighted by Gasteiger charge is 2.20. The van der Waals surface area contributed by atoms with Crippen molar-refractivity contribution < 1.29 is 28.5 Å². The normalized spacial score (nSPS) is 23.7. The minimum absolute atomic E-state index is 0.287. The van der Waals surface area contributed by atoms with Crippen molar-refractivity contribution in [2.75, 3.05) is 19.8 Å². The van der Waals surface area contributed by atoms with E-state index in [0.29, 0.717) is 36.9 Å². The van der Waals surface area contributed by atoms with E-state index in [2.05, 4.69) is 0 Å². The maximum atomic E-state index is 12.1. The maximum Gasteiger partial charge on any atom is 0.338 e. The monoisotopic (exact) mass is 350 g/mol. The van der Waals surface area contributed by atoms with Gasteiger partial charge in [-0.1, -0.05) is 0 Å². The highest BCUT2D eigenvalue weighted by molar-refractivity contribution is 5.90. The summed E-state index contributed by atoms with van der Waals surface area (Å²) in [7, 11) is 0. The van der Waals surface area contributed by atoms with E-state index in [1.54, 1.807) is 25.1 Å². The molecule has 25 heavy (non-hydrogen) atoms. The van der Waals surface area contributed by atoms with Gasteiger partial charge in [0.1, 0.15) is 11.5 Å². The first-order valence-corrected chi connectivity index (χ1v) is 9.13. The Hall–Kier alpha value is -1.79. The molecule has 0 radical (unpaired) electrons. The van der Waals surface area contributed by atoms with Crippen LogP contribution in [0.1, 0.15) is 55.8 Å². The minimum atomic E-state index is -0.396. The lowest BCUT2D eigenvalue weighted by atomic mass is 10.2. The Labute approximate surface area is 148 Å². The Kier molecular flexibility index (Phi) is 6.53. The average molecular weight is 350 g/mol. The van der Waals surface area contributed by atoms with Crippen LogP contribution in [0.25, 0.3) is 0 Å². The molecule has 0 saturated carbocycles. The molecule has 2 heterocycles. The van der Waals surface area contributed by atoms with Crippen molar-refractivity contribution in [1.29, 1.82) is 0 Å². The third kappa shape index (κ3) is 5.34. The van der Waals surface area contributed by atoms with Crippen molar-refractivity contribution in [3.05, 3.63) is 23.8 Å². The fourth-order valence-electron chi connectivity index (χ4n) is 2.95. The van der Waals surface area contributed by atoms with E-state index in [-0.39, 0.29) is 12.6 Å². The lowest BCUT2D eigenvalue weighted by Crippen LogP contribution is -2.26. The number of hydrogen-bond acceptors (Lipinski definition) is 6. The molecule has 1 aromatic carbocycles. The quantitative estimate of drug-likeness (QED) is 0.730. The van der Waals surface area contributed by atoms with E-state index in [4.69, 9.17) is 23.7 Å². The van der Waals surface area contributed by atoms with Crippen molar-refractivity contribution >= 4 is 5.97 Å². The second-order valence-corrected chi connectivity index (χ2v) is 6.24. The summed E-state index contributed by atoms with van der Waals surface area (Å²) in [6, 6.07) is 5.12. The summed E-state index contributed by atoms with van der Waals surface area (Å²) < 4.78 is 28.1. The minimum Gasteiger partial charge on any atom is -0.465 e. The second kappa shape index (κ2) is 9.06. The number of carbonyl (C=O) groups is 1. The number of benzene rings is 1. The molecule has 0 spiro atoms. The summed E-state index contributed by atoms with van der Waals surface area (Å²) in [6.07, 6.45) is 5.35. The molecular weight excluding hydrogens is 324 g/mol. The highest BCUT2D eigenvalue weighted by Crippen LogP contribution is 2.28. The molecule has 6 nitrogen and oxygen atoms in total. The van der Waals surface area contributed by atoms with Crippen LogP contribution < -0.4 is 9.47 Å². The smallest absolute Gasteiger partial charge is 0.338 e. The van der Waals surface area contributed by atoms with Crippen molar-refractivity contribution in [2.24, 2.45) is 0 Å². The van der Waals surface area contributed by atoms with Crippen LogP contribution in [0.3, 0.4) is 0 Å². The summed E-state index contributed by atoms with van der Waals surface area (Å²) in [5, 5.41) is 0. The van der Waals surface area contributed by atoms with Crippen molar-refractivity contribution in [2.45, 2.75) is 58.0 Å². The van der Waals surface area contributed by atoms with Crippen molar-refractivity contribution in [3.8, 4) is 11.5 Å². The third-order valence-electron chi connectivity index (χ3n) is 4.20. The molecule has 2 unspecified atom stereocenters. The predicted molar refractivity (Wildman–Crippen MR) is 90.8 cm³/mol. The lowest BCUT2D eigenvalue weighted by Gasteiger charge is -2.25. The summed E-state index contributed by atoms with van der Waals surface area (Å²) in [5.41, 5.74) is 0.404. The standard InChI is InChI=1S/C19H26O6/c1-2-21-19(20)14-11-15(24-17-7-3-5-9-22-17)13-16(12-14)25-18-8-4-6-10-23-18/h11-13,17-18H,2-10H2,1H3. The summed E-state index contributed by atoms with van der Waals surface area (Å²) >= 11 is 0. The van der Waals surface area contributed by atoms with Crippen LogP contribution in [-0.4, -0.2) is 38.4 Å². The van der Waals surface area contributed by atoms with Crippen LogP contribution in [0.15, 0.2) is 18.2 Å². The van der Waals surface area contributed by atoms with Gasteiger partial charge in [0.05, 0.1) is 25.4 Å². The van der Waals surface area contributed by atoms with Gasteiger partial charge in [0.2, 0.25) is 0 Å². The van der Waals surface area contributed by atoms with Gasteiger partial charge in [-0.25, -0.2) is 4.79 Å². The molecule has 138 valence electrons. The first-order chi connectivity index (χ1) is 12.2. The first-order valence-electron chi connectivity index (χ1n) is 9.13. The van der Waals surface area contributed by atoms with E-state index in [0.717, 1.165) is 38.5 Å². The van der Waals surface area contributed by atoms with Crippen LogP contribution in [0, 0.1) is 0 Å². The fourth-order valence-corrected chi connectivity index (χ4v) is 2.95. The summed E-state index contributed by atoms with van der Waals surface area (Å²) in [4.78, 5) is 12.1. The number of ether oxygens (including phenoxy) is 5. The van der Waals surface area contributed by atoms with Crippen LogP contribution in [0.5, 0.6) is 11.5 Å². The van der Waals surface area contributed by atoms with Gasteiger partial charge >= 0.3 is 5.97 Å². The Balaban J connectivity index is 1.75. The van der Waals surface area contributed by atoms with Gasteiger partial charge in [0.25, 0.3) is 0 Å². The Morgan fingerprint density at radius 1 is 0.960 bits per heavy atom. The Morgan fingerprint density at radius 3 is 1.96 bits per heavy atom. The Bertz CT molecular complexity index is 523. The average Bonchev–Trinajstić information content (AvgIpc) is 2.63. The van der Waals surface area contributed by atoms with Crippen molar-refractivity contribution in [1.82, 2.24) is 0 Å². The van der Waals surface area contributed by atoms with Gasteiger partial charge in [-0.05, 0) is 44.7 Å². The molecule has 6 heteroatoms. The van der Waals surface area contributed by atoms with E-state index in [9.17, 15) is 4.79 Å². The van der Waals surface area contributed by atoms with Crippen LogP contribution in [0.2, 0.25) is 0 Å². The molecule has 2 saturated heterocycles. The summed E-state index contributed by atoms with van der Waals surface area (Å²) in [6.45, 7) is 3.49. The molecule has 2 aliphatic heterocycles. The van der Waals surface area contributed by atoms with E-state index < -0.39 is 5.97 Å². The van der Waals surface area contributed by atoms with Crippen molar-refractivity contribution in [3.63, 3.8) is 0 Å². The maximum absolute atomic E-state index is 12.1. The molecule has 0 aliphatic carbocycles. The van der Waals surface area contributed by atoms with Crippen LogP contribution in [-0.2, 0) is 14.2 Å². The zero-order valence-corrected chi connectivity index (χ0v) is 14.7. The molecule has 3 rings (SSSR count). The van der Waals surface area contributed by atoms with Gasteiger partial charge in [-0.2, -0.15) is 0 Å². The largest absolute Gasteiger partial charge is 0.465 e.